The van der Waals surface area contributed by atoms with Crippen molar-refractivity contribution in [3.8, 4) is 33.6 Å². The molecule has 0 amide bonds. The molecule has 0 fully saturated rings. The summed E-state index contributed by atoms with van der Waals surface area (Å²) in [6.45, 7) is 6.67. The van der Waals surface area contributed by atoms with Crippen LogP contribution in [-0.4, -0.2) is 9.97 Å². The van der Waals surface area contributed by atoms with Crippen molar-refractivity contribution < 1.29 is 24.5 Å². The van der Waals surface area contributed by atoms with Gasteiger partial charge in [0.15, 0.2) is 0 Å². The van der Waals surface area contributed by atoms with Crippen molar-refractivity contribution >= 4 is 21.9 Å². The Morgan fingerprint density at radius 1 is 0.700 bits per heavy atom. The van der Waals surface area contributed by atoms with Crippen molar-refractivity contribution in [2.45, 2.75) is 33.6 Å². The Hall–Kier alpha value is -5.15. The van der Waals surface area contributed by atoms with Crippen LogP contribution in [0.25, 0.3) is 55.6 Å². The minimum absolute atomic E-state index is 0. The number of fused-ring (bicyclic) bond motifs is 3. The van der Waals surface area contributed by atoms with Gasteiger partial charge in [-0.15, -0.1) is 47.5 Å². The topological polar surface area (TPSA) is 38.9 Å². The van der Waals surface area contributed by atoms with Crippen LogP contribution < -0.4 is 0 Å². The smallest absolute Gasteiger partial charge is 0.120 e. The van der Waals surface area contributed by atoms with E-state index < -0.39 is 0 Å². The van der Waals surface area contributed by atoms with Gasteiger partial charge >= 0.3 is 0 Å². The van der Waals surface area contributed by atoms with Gasteiger partial charge in [-0.25, -0.2) is 0 Å². The van der Waals surface area contributed by atoms with Gasteiger partial charge in [-0.3, -0.25) is 0 Å². The Morgan fingerprint density at radius 2 is 1.44 bits per heavy atom. The molecule has 1 radical (unpaired) electrons. The maximum absolute atomic E-state index is 5.97. The Bertz CT molecular complexity index is 2310. The average molecular weight is 827 g/mol. The van der Waals surface area contributed by atoms with Gasteiger partial charge in [0.25, 0.3) is 0 Å². The van der Waals surface area contributed by atoms with Crippen LogP contribution in [0.15, 0.2) is 150 Å². The second-order valence-electron chi connectivity index (χ2n) is 12.8. The molecule has 0 aliphatic rings. The summed E-state index contributed by atoms with van der Waals surface area (Å²) in [4.78, 5) is 9.11. The number of aryl methyl sites for hydroxylation is 1. The maximum Gasteiger partial charge on any atom is 0.120 e. The summed E-state index contributed by atoms with van der Waals surface area (Å²) in [6, 6.07) is 52.5. The van der Waals surface area contributed by atoms with Crippen LogP contribution >= 0.6 is 0 Å². The van der Waals surface area contributed by atoms with Gasteiger partial charge in [-0.1, -0.05) is 139 Å². The second kappa shape index (κ2) is 16.0. The van der Waals surface area contributed by atoms with E-state index >= 15 is 0 Å². The van der Waals surface area contributed by atoms with Gasteiger partial charge in [0.1, 0.15) is 5.58 Å². The monoisotopic (exact) mass is 827 g/mol. The van der Waals surface area contributed by atoms with Crippen LogP contribution in [0.5, 0.6) is 0 Å². The third-order valence-corrected chi connectivity index (χ3v) is 8.74. The summed E-state index contributed by atoms with van der Waals surface area (Å²) in [5, 5.41) is 2.23. The number of furan rings is 1. The quantitative estimate of drug-likeness (QED) is 0.150. The molecule has 249 valence electrons. The number of hydrogen-bond acceptors (Lipinski definition) is 3. The van der Waals surface area contributed by atoms with E-state index in [1.54, 1.807) is 6.20 Å². The average Bonchev–Trinajstić information content (AvgIpc) is 3.53. The van der Waals surface area contributed by atoms with Crippen LogP contribution in [0.4, 0.5) is 0 Å². The van der Waals surface area contributed by atoms with Gasteiger partial charge in [0.2, 0.25) is 0 Å². The molecule has 8 aromatic rings. The van der Waals surface area contributed by atoms with Gasteiger partial charge < -0.3 is 14.4 Å². The SMILES string of the molecule is Cc1cnc(-c2[c-]cc(-c3ccccc3)c(Cc3ccccc3)c2)cc1CC(C)C.[Ir].[c-]1ccc2c(oc3ccccc32)c1-c1ccccn1. The summed E-state index contributed by atoms with van der Waals surface area (Å²) in [6.07, 6.45) is 5.74. The van der Waals surface area contributed by atoms with E-state index in [1.807, 2.05) is 54.7 Å². The van der Waals surface area contributed by atoms with Gasteiger partial charge in [-0.05, 0) is 60.3 Å². The molecule has 5 aromatic carbocycles. The molecule has 3 nitrogen and oxygen atoms in total. The fourth-order valence-corrected chi connectivity index (χ4v) is 6.30. The van der Waals surface area contributed by atoms with Crippen LogP contribution in [0.3, 0.4) is 0 Å². The zero-order valence-electron chi connectivity index (χ0n) is 28.5. The molecule has 0 atom stereocenters. The van der Waals surface area contributed by atoms with Crippen molar-refractivity contribution in [2.24, 2.45) is 5.92 Å². The molecule has 0 spiro atoms. The number of benzene rings is 5. The molecule has 0 aliphatic carbocycles. The Kier molecular flexibility index (Phi) is 11.1. The molecule has 0 bridgehead atoms. The van der Waals surface area contributed by atoms with Crippen molar-refractivity contribution in [1.29, 1.82) is 0 Å². The van der Waals surface area contributed by atoms with E-state index in [0.717, 1.165) is 57.3 Å². The van der Waals surface area contributed by atoms with Crippen LogP contribution in [0.1, 0.15) is 36.1 Å². The Labute approximate surface area is 308 Å². The van der Waals surface area contributed by atoms with E-state index in [4.69, 9.17) is 9.40 Å². The van der Waals surface area contributed by atoms with Gasteiger partial charge in [-0.2, -0.15) is 0 Å². The summed E-state index contributed by atoms with van der Waals surface area (Å²) in [5.74, 6) is 0.622. The molecule has 3 aromatic heterocycles. The molecule has 0 unspecified atom stereocenters. The molecular formula is C46H38IrN2O-2. The van der Waals surface area contributed by atoms with Crippen molar-refractivity contribution in [2.75, 3.05) is 0 Å². The first-order valence-corrected chi connectivity index (χ1v) is 16.9. The predicted octanol–water partition coefficient (Wildman–Crippen LogP) is 11.8. The molecule has 8 rings (SSSR count). The third kappa shape index (κ3) is 7.84. The molecule has 0 aliphatic heterocycles. The van der Waals surface area contributed by atoms with Gasteiger partial charge in [0, 0.05) is 37.9 Å². The molecule has 4 heteroatoms. The summed E-state index contributed by atoms with van der Waals surface area (Å²) in [7, 11) is 0. The molecule has 0 saturated carbocycles. The Balaban J connectivity index is 0.000000185. The predicted molar refractivity (Wildman–Crippen MR) is 202 cm³/mol. The zero-order chi connectivity index (χ0) is 33.6. The largest absolute Gasteiger partial charge is 0.501 e. The van der Waals surface area contributed by atoms with Crippen molar-refractivity contribution in [1.82, 2.24) is 9.97 Å². The third-order valence-electron chi connectivity index (χ3n) is 8.74. The number of pyridine rings is 2. The first-order chi connectivity index (χ1) is 24.0. The fourth-order valence-electron chi connectivity index (χ4n) is 6.30. The van der Waals surface area contributed by atoms with E-state index in [0.29, 0.717) is 5.92 Å². The minimum atomic E-state index is 0. The van der Waals surface area contributed by atoms with Crippen LogP contribution in [-0.2, 0) is 32.9 Å². The molecular weight excluding hydrogens is 789 g/mol. The molecule has 0 saturated heterocycles. The number of nitrogens with zero attached hydrogens (tertiary/aromatic N) is 2. The molecule has 50 heavy (non-hydrogen) atoms. The van der Waals surface area contributed by atoms with E-state index in [-0.39, 0.29) is 20.1 Å². The molecule has 0 N–H and O–H groups in total. The standard InChI is InChI=1S/C29H28N.C17H10NO.Ir/c1-21(2)16-26-19-29(30-20-22(26)3)25-14-15-28(24-12-8-5-9-13-24)27(18-25)17-23-10-6-4-7-11-23;1-2-10-16-12(6-1)13-7-5-8-14(17(13)19-16)15-9-3-4-11-18-15;/h4-13,15,18-21H,16-17H2,1-3H3;1-7,9-11H;/q2*-1;. The van der Waals surface area contributed by atoms with E-state index in [2.05, 4.69) is 123 Å². The number of rotatable bonds is 7. The fraction of sp³-hybridized carbons (Fsp3) is 0.130. The van der Waals surface area contributed by atoms with E-state index in [9.17, 15) is 0 Å². The Morgan fingerprint density at radius 3 is 2.20 bits per heavy atom. The number of aromatic nitrogens is 2. The summed E-state index contributed by atoms with van der Waals surface area (Å²) < 4.78 is 5.97. The van der Waals surface area contributed by atoms with Crippen molar-refractivity contribution in [3.63, 3.8) is 0 Å². The van der Waals surface area contributed by atoms with Crippen molar-refractivity contribution in [3.05, 3.63) is 180 Å². The van der Waals surface area contributed by atoms with E-state index in [1.165, 1.54) is 33.4 Å². The van der Waals surface area contributed by atoms with Crippen LogP contribution in [0, 0.1) is 25.0 Å². The maximum atomic E-state index is 5.97. The minimum Gasteiger partial charge on any atom is -0.501 e. The number of para-hydroxylation sites is 1. The normalized spacial score (nSPS) is 10.9. The first-order valence-electron chi connectivity index (χ1n) is 16.9. The van der Waals surface area contributed by atoms with Gasteiger partial charge in [0.05, 0.1) is 5.58 Å². The van der Waals surface area contributed by atoms with Crippen LogP contribution in [0.2, 0.25) is 0 Å². The zero-order valence-corrected chi connectivity index (χ0v) is 30.9. The summed E-state index contributed by atoms with van der Waals surface area (Å²) >= 11 is 0. The number of hydrogen-bond donors (Lipinski definition) is 0. The first kappa shape index (κ1) is 34.7. The molecule has 3 heterocycles. The second-order valence-corrected chi connectivity index (χ2v) is 12.8. The summed E-state index contributed by atoms with van der Waals surface area (Å²) in [5.41, 5.74) is 13.3.